The van der Waals surface area contributed by atoms with Gasteiger partial charge in [-0.1, -0.05) is 0 Å². The zero-order valence-corrected chi connectivity index (χ0v) is 13.1. The first-order chi connectivity index (χ1) is 8.28. The Morgan fingerprint density at radius 2 is 2.00 bits per heavy atom. The van der Waals surface area contributed by atoms with E-state index in [-0.39, 0.29) is 23.8 Å². The van der Waals surface area contributed by atoms with E-state index in [1.807, 2.05) is 26.8 Å². The Morgan fingerprint density at radius 1 is 1.33 bits per heavy atom. The van der Waals surface area contributed by atoms with E-state index in [4.69, 9.17) is 0 Å². The Balaban J connectivity index is 2.30. The van der Waals surface area contributed by atoms with Crippen LogP contribution in [0.3, 0.4) is 0 Å². The third kappa shape index (κ3) is 5.64. The van der Waals surface area contributed by atoms with Crippen LogP contribution in [0.25, 0.3) is 0 Å². The fourth-order valence-corrected chi connectivity index (χ4v) is 2.60. The Morgan fingerprint density at radius 3 is 2.50 bits per heavy atom. The molecule has 0 atom stereocenters. The molecule has 1 aromatic heterocycles. The quantitative estimate of drug-likeness (QED) is 0.890. The monoisotopic (exact) mass is 332 g/mol. The topological polar surface area (TPSA) is 58.2 Å². The standard InChI is InChI=1S/C12H17BrN2O2S/c1-12(2,3)15-10(16)6-7-14-11(17)8-4-5-9(13)18-8/h4-5H,6-7H2,1-3H3,(H,14,17)(H,15,16). The molecule has 2 N–H and O–H groups in total. The molecule has 0 aliphatic heterocycles. The second kappa shape index (κ2) is 6.33. The Hall–Kier alpha value is -0.880. The van der Waals surface area contributed by atoms with E-state index in [9.17, 15) is 9.59 Å². The number of carbonyl (C=O) groups is 2. The summed E-state index contributed by atoms with van der Waals surface area (Å²) in [5.74, 6) is -0.204. The number of hydrogen-bond acceptors (Lipinski definition) is 3. The van der Waals surface area contributed by atoms with Crippen molar-refractivity contribution in [1.29, 1.82) is 0 Å². The molecule has 0 saturated heterocycles. The summed E-state index contributed by atoms with van der Waals surface area (Å²) in [7, 11) is 0. The van der Waals surface area contributed by atoms with Crippen molar-refractivity contribution in [3.05, 3.63) is 20.8 Å². The van der Waals surface area contributed by atoms with Gasteiger partial charge < -0.3 is 10.6 Å². The Bertz CT molecular complexity index is 438. The number of rotatable bonds is 4. The van der Waals surface area contributed by atoms with Gasteiger partial charge in [0.15, 0.2) is 0 Å². The lowest BCUT2D eigenvalue weighted by molar-refractivity contribution is -0.122. The third-order valence-corrected chi connectivity index (χ3v) is 3.57. The van der Waals surface area contributed by atoms with Crippen LogP contribution in [0.5, 0.6) is 0 Å². The van der Waals surface area contributed by atoms with Gasteiger partial charge in [-0.15, -0.1) is 11.3 Å². The van der Waals surface area contributed by atoms with Crippen LogP contribution in [-0.4, -0.2) is 23.9 Å². The van der Waals surface area contributed by atoms with Gasteiger partial charge in [-0.05, 0) is 48.8 Å². The van der Waals surface area contributed by atoms with E-state index in [0.717, 1.165) is 3.79 Å². The summed E-state index contributed by atoms with van der Waals surface area (Å²) in [6.07, 6.45) is 0.287. The summed E-state index contributed by atoms with van der Waals surface area (Å²) < 4.78 is 0.915. The molecule has 0 aliphatic rings. The van der Waals surface area contributed by atoms with Crippen LogP contribution in [0.4, 0.5) is 0 Å². The third-order valence-electron chi connectivity index (χ3n) is 1.95. The summed E-state index contributed by atoms with van der Waals surface area (Å²) in [4.78, 5) is 23.8. The van der Waals surface area contributed by atoms with Crippen LogP contribution in [0.15, 0.2) is 15.9 Å². The lowest BCUT2D eigenvalue weighted by Gasteiger charge is -2.20. The molecule has 0 spiro atoms. The first kappa shape index (κ1) is 15.2. The normalized spacial score (nSPS) is 11.1. The van der Waals surface area contributed by atoms with Crippen molar-refractivity contribution in [2.24, 2.45) is 0 Å². The molecule has 0 bridgehead atoms. The predicted octanol–water partition coefficient (Wildman–Crippen LogP) is 2.55. The maximum Gasteiger partial charge on any atom is 0.261 e. The van der Waals surface area contributed by atoms with Gasteiger partial charge in [-0.3, -0.25) is 9.59 Å². The van der Waals surface area contributed by atoms with E-state index in [1.54, 1.807) is 6.07 Å². The average molecular weight is 333 g/mol. The molecule has 0 fully saturated rings. The van der Waals surface area contributed by atoms with Crippen molar-refractivity contribution in [3.8, 4) is 0 Å². The zero-order valence-electron chi connectivity index (χ0n) is 10.7. The van der Waals surface area contributed by atoms with E-state index < -0.39 is 0 Å². The van der Waals surface area contributed by atoms with E-state index in [2.05, 4.69) is 26.6 Å². The first-order valence-electron chi connectivity index (χ1n) is 5.62. The van der Waals surface area contributed by atoms with Gasteiger partial charge in [0, 0.05) is 18.5 Å². The molecule has 1 rings (SSSR count). The fraction of sp³-hybridized carbons (Fsp3) is 0.500. The van der Waals surface area contributed by atoms with Crippen molar-refractivity contribution in [2.75, 3.05) is 6.54 Å². The minimum Gasteiger partial charge on any atom is -0.351 e. The molecule has 2 amide bonds. The van der Waals surface area contributed by atoms with Crippen LogP contribution >= 0.6 is 27.3 Å². The molecule has 18 heavy (non-hydrogen) atoms. The first-order valence-corrected chi connectivity index (χ1v) is 7.23. The lowest BCUT2D eigenvalue weighted by Crippen LogP contribution is -2.41. The van der Waals surface area contributed by atoms with Crippen LogP contribution in [0, 0.1) is 0 Å². The van der Waals surface area contributed by atoms with Gasteiger partial charge in [0.05, 0.1) is 8.66 Å². The molecule has 4 nitrogen and oxygen atoms in total. The molecule has 1 aromatic rings. The maximum absolute atomic E-state index is 11.7. The van der Waals surface area contributed by atoms with Crippen LogP contribution in [0.2, 0.25) is 0 Å². The largest absolute Gasteiger partial charge is 0.351 e. The molecule has 0 saturated carbocycles. The van der Waals surface area contributed by atoms with Crippen molar-refractivity contribution in [1.82, 2.24) is 10.6 Å². The minimum atomic E-state index is -0.236. The second-order valence-electron chi connectivity index (χ2n) is 4.91. The Labute approximate surface area is 119 Å². The highest BCUT2D eigenvalue weighted by molar-refractivity contribution is 9.11. The highest BCUT2D eigenvalue weighted by Crippen LogP contribution is 2.21. The lowest BCUT2D eigenvalue weighted by atomic mass is 10.1. The summed E-state index contributed by atoms with van der Waals surface area (Å²) in [6, 6.07) is 3.57. The SMILES string of the molecule is CC(C)(C)NC(=O)CCNC(=O)c1ccc(Br)s1. The van der Waals surface area contributed by atoms with Gasteiger partial charge in [0.1, 0.15) is 0 Å². The molecule has 0 radical (unpaired) electrons. The summed E-state index contributed by atoms with van der Waals surface area (Å²) >= 11 is 4.67. The molecule has 0 aromatic carbocycles. The van der Waals surface area contributed by atoms with Gasteiger partial charge in [-0.25, -0.2) is 0 Å². The molecular weight excluding hydrogens is 316 g/mol. The van der Waals surface area contributed by atoms with Gasteiger partial charge in [0.2, 0.25) is 5.91 Å². The van der Waals surface area contributed by atoms with Crippen molar-refractivity contribution in [2.45, 2.75) is 32.7 Å². The number of amides is 2. The van der Waals surface area contributed by atoms with Gasteiger partial charge in [-0.2, -0.15) is 0 Å². The summed E-state index contributed by atoms with van der Waals surface area (Å²) in [6.45, 7) is 6.11. The highest BCUT2D eigenvalue weighted by Gasteiger charge is 2.14. The number of halogens is 1. The van der Waals surface area contributed by atoms with Crippen LogP contribution < -0.4 is 10.6 Å². The van der Waals surface area contributed by atoms with Crippen molar-refractivity contribution < 1.29 is 9.59 Å². The van der Waals surface area contributed by atoms with Crippen molar-refractivity contribution >= 4 is 39.1 Å². The number of nitrogens with one attached hydrogen (secondary N) is 2. The molecular formula is C12H17BrN2O2S. The highest BCUT2D eigenvalue weighted by atomic mass is 79.9. The molecule has 1 heterocycles. The van der Waals surface area contributed by atoms with Crippen LogP contribution in [-0.2, 0) is 4.79 Å². The van der Waals surface area contributed by atoms with Gasteiger partial charge >= 0.3 is 0 Å². The van der Waals surface area contributed by atoms with Crippen LogP contribution in [0.1, 0.15) is 36.9 Å². The smallest absolute Gasteiger partial charge is 0.261 e. The second-order valence-corrected chi connectivity index (χ2v) is 7.37. The number of thiophene rings is 1. The summed E-state index contributed by atoms with van der Waals surface area (Å²) in [5.41, 5.74) is -0.236. The van der Waals surface area contributed by atoms with Crippen molar-refractivity contribution in [3.63, 3.8) is 0 Å². The summed E-state index contributed by atoms with van der Waals surface area (Å²) in [5, 5.41) is 5.56. The molecule has 0 unspecified atom stereocenters. The molecule has 6 heteroatoms. The zero-order chi connectivity index (χ0) is 13.8. The Kier molecular flexibility index (Phi) is 5.34. The van der Waals surface area contributed by atoms with E-state index in [1.165, 1.54) is 11.3 Å². The van der Waals surface area contributed by atoms with E-state index >= 15 is 0 Å². The molecule has 100 valence electrons. The average Bonchev–Trinajstić information content (AvgIpc) is 2.62. The minimum absolute atomic E-state index is 0.0600. The predicted molar refractivity (Wildman–Crippen MR) is 76.9 cm³/mol. The molecule has 0 aliphatic carbocycles. The number of hydrogen-bond donors (Lipinski definition) is 2. The fourth-order valence-electron chi connectivity index (χ4n) is 1.29. The van der Waals surface area contributed by atoms with E-state index in [0.29, 0.717) is 11.4 Å². The number of carbonyl (C=O) groups excluding carboxylic acids is 2. The maximum atomic E-state index is 11.7. The van der Waals surface area contributed by atoms with Gasteiger partial charge in [0.25, 0.3) is 5.91 Å².